The Kier molecular flexibility index (Phi) is 7.19. The molecular weight excluding hydrogens is 351 g/mol. The van der Waals surface area contributed by atoms with E-state index in [-0.39, 0.29) is 12.3 Å². The molecule has 0 saturated heterocycles. The van der Waals surface area contributed by atoms with Gasteiger partial charge in [-0.05, 0) is 55.2 Å². The molecule has 142 valence electrons. The molecule has 0 aromatic heterocycles. The Morgan fingerprint density at radius 1 is 1.22 bits per heavy atom. The summed E-state index contributed by atoms with van der Waals surface area (Å²) >= 11 is 0. The van der Waals surface area contributed by atoms with E-state index in [0.717, 1.165) is 0 Å². The molecule has 2 rings (SSSR count). The molecule has 2 aromatic carbocycles. The van der Waals surface area contributed by atoms with Crippen molar-refractivity contribution >= 4 is 23.9 Å². The van der Waals surface area contributed by atoms with Gasteiger partial charge in [0.2, 0.25) is 5.91 Å². The van der Waals surface area contributed by atoms with E-state index < -0.39 is 17.8 Å². The van der Waals surface area contributed by atoms with E-state index >= 15 is 0 Å². The van der Waals surface area contributed by atoms with Crippen LogP contribution in [0.4, 0.5) is 10.1 Å². The van der Waals surface area contributed by atoms with Crippen molar-refractivity contribution in [3.8, 4) is 0 Å². The minimum Gasteiger partial charge on any atom is -0.366 e. The maximum absolute atomic E-state index is 14.0. The third-order valence-electron chi connectivity index (χ3n) is 3.97. The molecule has 1 amide bonds. The van der Waals surface area contributed by atoms with Crippen LogP contribution in [0.5, 0.6) is 0 Å². The largest absolute Gasteiger partial charge is 0.366 e. The van der Waals surface area contributed by atoms with Gasteiger partial charge in [0.15, 0.2) is 0 Å². The molecule has 0 spiro atoms. The zero-order chi connectivity index (χ0) is 19.8. The van der Waals surface area contributed by atoms with Gasteiger partial charge in [-0.25, -0.2) is 9.18 Å². The van der Waals surface area contributed by atoms with Gasteiger partial charge in [0.05, 0.1) is 11.6 Å². The second-order valence-electron chi connectivity index (χ2n) is 6.08. The van der Waals surface area contributed by atoms with Gasteiger partial charge < -0.3 is 14.9 Å². The van der Waals surface area contributed by atoms with Crippen LogP contribution in [0, 0.1) is 12.7 Å². The van der Waals surface area contributed by atoms with Crippen LogP contribution in [0.2, 0.25) is 0 Å². The fraction of sp³-hybridized carbons (Fsp3) is 0.250. The van der Waals surface area contributed by atoms with Crippen LogP contribution in [0.15, 0.2) is 42.5 Å². The van der Waals surface area contributed by atoms with Crippen LogP contribution >= 0.6 is 0 Å². The van der Waals surface area contributed by atoms with Gasteiger partial charge in [-0.1, -0.05) is 18.2 Å². The lowest BCUT2D eigenvalue weighted by Crippen LogP contribution is -2.33. The van der Waals surface area contributed by atoms with Crippen molar-refractivity contribution < 1.29 is 23.6 Å². The molecule has 2 aromatic rings. The first-order valence-electron chi connectivity index (χ1n) is 8.44. The van der Waals surface area contributed by atoms with Gasteiger partial charge in [-0.15, -0.1) is 5.48 Å². The molecule has 2 N–H and O–H groups in total. The van der Waals surface area contributed by atoms with Gasteiger partial charge >= 0.3 is 5.97 Å². The van der Waals surface area contributed by atoms with Crippen LogP contribution < -0.4 is 10.8 Å². The summed E-state index contributed by atoms with van der Waals surface area (Å²) in [6.45, 7) is 2.96. The van der Waals surface area contributed by atoms with E-state index in [4.69, 9.17) is 4.84 Å². The molecule has 0 aliphatic heterocycles. The van der Waals surface area contributed by atoms with E-state index in [0.29, 0.717) is 35.1 Å². The molecule has 0 aliphatic carbocycles. The fourth-order valence-corrected chi connectivity index (χ4v) is 2.50. The van der Waals surface area contributed by atoms with E-state index in [9.17, 15) is 18.8 Å². The summed E-state index contributed by atoms with van der Waals surface area (Å²) in [6.07, 6.45) is 1.27. The number of hydrogen-bond acceptors (Lipinski definition) is 5. The number of amides is 1. The van der Waals surface area contributed by atoms with Gasteiger partial charge in [-0.2, -0.15) is 0 Å². The number of carbonyl (C=O) groups excluding carboxylic acids is 3. The first kappa shape index (κ1) is 20.3. The SMILES string of the molecule is CC(=O)Nc1cc(F)c(C)c(CC[C@@H](C=O)NOC(=O)c2ccccc2)c1. The van der Waals surface area contributed by atoms with Gasteiger partial charge in [0.25, 0.3) is 0 Å². The average Bonchev–Trinajstić information content (AvgIpc) is 2.65. The summed E-state index contributed by atoms with van der Waals surface area (Å²) in [6, 6.07) is 10.5. The van der Waals surface area contributed by atoms with Crippen LogP contribution in [-0.4, -0.2) is 24.2 Å². The van der Waals surface area contributed by atoms with E-state index in [1.54, 1.807) is 43.3 Å². The number of aldehydes is 1. The van der Waals surface area contributed by atoms with Gasteiger partial charge in [0, 0.05) is 12.6 Å². The highest BCUT2D eigenvalue weighted by Crippen LogP contribution is 2.21. The molecule has 27 heavy (non-hydrogen) atoms. The average molecular weight is 372 g/mol. The molecule has 0 radical (unpaired) electrons. The molecule has 7 heteroatoms. The summed E-state index contributed by atoms with van der Waals surface area (Å²) in [5.74, 6) is -1.34. The molecule has 0 bridgehead atoms. The lowest BCUT2D eigenvalue weighted by molar-refractivity contribution is -0.114. The maximum Gasteiger partial charge on any atom is 0.356 e. The Labute approximate surface area is 156 Å². The molecule has 1 atom stereocenters. The Balaban J connectivity index is 1.97. The quantitative estimate of drug-likeness (QED) is 0.550. The summed E-state index contributed by atoms with van der Waals surface area (Å²) in [5, 5.41) is 2.54. The lowest BCUT2D eigenvalue weighted by atomic mass is 10.00. The van der Waals surface area contributed by atoms with Crippen molar-refractivity contribution in [2.75, 3.05) is 5.32 Å². The van der Waals surface area contributed by atoms with Crippen molar-refractivity contribution in [1.82, 2.24) is 5.48 Å². The van der Waals surface area contributed by atoms with E-state index in [1.807, 2.05) is 0 Å². The minimum atomic E-state index is -0.746. The number of hydrogen-bond donors (Lipinski definition) is 2. The monoisotopic (exact) mass is 372 g/mol. The van der Waals surface area contributed by atoms with Crippen molar-refractivity contribution in [1.29, 1.82) is 0 Å². The number of aryl methyl sites for hydroxylation is 1. The number of hydroxylamine groups is 1. The van der Waals surface area contributed by atoms with Crippen LogP contribution in [0.1, 0.15) is 34.8 Å². The predicted octanol–water partition coefficient (Wildman–Crippen LogP) is 2.95. The predicted molar refractivity (Wildman–Crippen MR) is 98.6 cm³/mol. The fourth-order valence-electron chi connectivity index (χ4n) is 2.50. The summed E-state index contributed by atoms with van der Waals surface area (Å²) in [7, 11) is 0. The second kappa shape index (κ2) is 9.59. The van der Waals surface area contributed by atoms with Crippen molar-refractivity contribution in [2.45, 2.75) is 32.7 Å². The highest BCUT2D eigenvalue weighted by atomic mass is 19.1. The zero-order valence-electron chi connectivity index (χ0n) is 15.1. The Morgan fingerprint density at radius 2 is 1.93 bits per heavy atom. The van der Waals surface area contributed by atoms with E-state index in [1.165, 1.54) is 13.0 Å². The molecule has 0 saturated carbocycles. The van der Waals surface area contributed by atoms with Crippen LogP contribution in [0.3, 0.4) is 0 Å². The summed E-state index contributed by atoms with van der Waals surface area (Å²) in [5.41, 5.74) is 4.24. The first-order chi connectivity index (χ1) is 12.9. The number of rotatable bonds is 8. The smallest absolute Gasteiger partial charge is 0.356 e. The van der Waals surface area contributed by atoms with Crippen LogP contribution in [-0.2, 0) is 20.8 Å². The third-order valence-corrected chi connectivity index (χ3v) is 3.97. The highest BCUT2D eigenvalue weighted by Gasteiger charge is 2.14. The molecular formula is C20H21FN2O4. The second-order valence-corrected chi connectivity index (χ2v) is 6.08. The molecule has 6 nitrogen and oxygen atoms in total. The Morgan fingerprint density at radius 3 is 2.56 bits per heavy atom. The standard InChI is InChI=1S/C20H21FN2O4/c1-13-16(10-18(11-19(13)21)22-14(2)25)8-9-17(12-24)23-27-20(26)15-6-4-3-5-7-15/h3-7,10-12,17,23H,8-9H2,1-2H3,(H,22,25)/t17-/m0/s1. The first-order valence-corrected chi connectivity index (χ1v) is 8.44. The normalized spacial score (nSPS) is 11.5. The third kappa shape index (κ3) is 6.00. The summed E-state index contributed by atoms with van der Waals surface area (Å²) in [4.78, 5) is 39.3. The van der Waals surface area contributed by atoms with Crippen molar-refractivity contribution in [3.63, 3.8) is 0 Å². The van der Waals surface area contributed by atoms with Crippen LogP contribution in [0.25, 0.3) is 0 Å². The molecule has 0 fully saturated rings. The number of carbonyl (C=O) groups is 3. The van der Waals surface area contributed by atoms with Gasteiger partial charge in [-0.3, -0.25) is 4.79 Å². The Bertz CT molecular complexity index is 824. The van der Waals surface area contributed by atoms with Crippen molar-refractivity contribution in [3.05, 3.63) is 65.0 Å². The number of anilines is 1. The minimum absolute atomic E-state index is 0.287. The Hall–Kier alpha value is -3.06. The zero-order valence-corrected chi connectivity index (χ0v) is 15.1. The van der Waals surface area contributed by atoms with Crippen molar-refractivity contribution in [2.24, 2.45) is 0 Å². The molecule has 0 aliphatic rings. The molecule has 0 unspecified atom stereocenters. The lowest BCUT2D eigenvalue weighted by Gasteiger charge is -2.14. The van der Waals surface area contributed by atoms with E-state index in [2.05, 4.69) is 10.8 Å². The number of halogens is 1. The topological polar surface area (TPSA) is 84.5 Å². The van der Waals surface area contributed by atoms with Gasteiger partial charge in [0.1, 0.15) is 12.1 Å². The number of nitrogens with one attached hydrogen (secondary N) is 2. The maximum atomic E-state index is 14.0. The number of benzene rings is 2. The summed E-state index contributed by atoms with van der Waals surface area (Å²) < 4.78 is 14.0. The highest BCUT2D eigenvalue weighted by molar-refractivity contribution is 5.89. The molecule has 0 heterocycles.